The molecular formula is C81H90N6O13. The maximum absolute atomic E-state index is 14.6. The van der Waals surface area contributed by atoms with Crippen LogP contribution in [0.4, 0.5) is 38.9 Å². The van der Waals surface area contributed by atoms with Gasteiger partial charge in [-0.15, -0.1) is 0 Å². The third-order valence-corrected chi connectivity index (χ3v) is 23.2. The van der Waals surface area contributed by atoms with Crippen molar-refractivity contribution in [3.63, 3.8) is 0 Å². The monoisotopic (exact) mass is 1350 g/mol. The highest BCUT2D eigenvalue weighted by Gasteiger charge is 2.61. The minimum atomic E-state index is -0.672. The highest BCUT2D eigenvalue weighted by molar-refractivity contribution is 6.05. The lowest BCUT2D eigenvalue weighted by molar-refractivity contribution is -0.524. The lowest BCUT2D eigenvalue weighted by Crippen LogP contribution is -2.53. The molecule has 4 amide bonds. The van der Waals surface area contributed by atoms with Gasteiger partial charge in [-0.3, -0.25) is 53.6 Å². The molecule has 3 N–H and O–H groups in total. The van der Waals surface area contributed by atoms with Gasteiger partial charge in [0.1, 0.15) is 18.3 Å². The Morgan fingerprint density at radius 1 is 0.490 bits per heavy atom. The van der Waals surface area contributed by atoms with Gasteiger partial charge in [0.2, 0.25) is 23.8 Å². The van der Waals surface area contributed by atoms with Crippen molar-refractivity contribution in [1.82, 2.24) is 5.32 Å². The minimum absolute atomic E-state index is 0.0130. The van der Waals surface area contributed by atoms with Crippen LogP contribution in [-0.4, -0.2) is 89.7 Å². The zero-order valence-electron chi connectivity index (χ0n) is 57.1. The lowest BCUT2D eigenvalue weighted by Gasteiger charge is -2.48. The van der Waals surface area contributed by atoms with Crippen LogP contribution in [0.2, 0.25) is 0 Å². The molecule has 5 saturated carbocycles. The number of nitro groups is 1. The Morgan fingerprint density at radius 3 is 1.28 bits per heavy atom. The van der Waals surface area contributed by atoms with Crippen molar-refractivity contribution in [3.05, 3.63) is 204 Å². The Labute approximate surface area is 584 Å². The number of fused-ring (bicyclic) bond motifs is 6. The van der Waals surface area contributed by atoms with Crippen LogP contribution in [-0.2, 0) is 47.7 Å². The molecule has 0 bridgehead atoms. The van der Waals surface area contributed by atoms with E-state index in [1.54, 1.807) is 11.8 Å². The number of nitrogens with zero attached hydrogens (tertiary/aromatic N) is 4. The number of alkyl carbamates (subject to hydrolysis) is 1. The summed E-state index contributed by atoms with van der Waals surface area (Å²) in [7, 11) is 0. The number of hydrogen-bond acceptors (Lipinski definition) is 14. The number of carbonyl (C=O) groups excluding carboxylic acids is 7. The van der Waals surface area contributed by atoms with E-state index in [-0.39, 0.29) is 136 Å². The fraction of sp³-hybridized carbons (Fsp3) is 0.444. The third-order valence-electron chi connectivity index (χ3n) is 23.2. The third kappa shape index (κ3) is 13.9. The van der Waals surface area contributed by atoms with E-state index >= 15 is 0 Å². The molecule has 3 heterocycles. The summed E-state index contributed by atoms with van der Waals surface area (Å²) in [5.74, 6) is -2.70. The van der Waals surface area contributed by atoms with Gasteiger partial charge >= 0.3 is 24.0 Å². The molecule has 0 radical (unpaired) electrons. The topological polar surface area (TPSA) is 247 Å². The van der Waals surface area contributed by atoms with E-state index in [2.05, 4.69) is 5.32 Å². The SMILES string of the molecule is CCOC(=O)N[C@@H]1CC[C@@H]2[C@@H](C1)C[C@H]1C(=O)O[C@H](C)[C@H]1[C@H]2C(=O)N(c1ccccc1)c1ccccc1.C[C@H]1OC(=O)[C@@H]2C=C3C[C@H]([N+](=O)[O-])CC[C@H]3[C@H](C(=O)N(c3ccccc3)c3ccccc3)[C@H]12.C[C@H]1OC(=O)[C@@H]2C[C@@H]3C[C@H](N)CC[C@H]3[C@H](C(=O)N(c3ccccc3)c3ccccc3)[C@H]12. The van der Waals surface area contributed by atoms with Crippen LogP contribution < -0.4 is 25.8 Å². The molecular weight excluding hydrogens is 1260 g/mol. The summed E-state index contributed by atoms with van der Waals surface area (Å²) in [5.41, 5.74) is 12.0. The number of rotatable bonds is 12. The number of esters is 3. The predicted molar refractivity (Wildman–Crippen MR) is 377 cm³/mol. The fourth-order valence-electron chi connectivity index (χ4n) is 19.1. The average Bonchev–Trinajstić information content (AvgIpc) is 1.41. The summed E-state index contributed by atoms with van der Waals surface area (Å²) in [6.45, 7) is 7.83. The van der Waals surface area contributed by atoms with Crippen LogP contribution in [0.3, 0.4) is 0 Å². The summed E-state index contributed by atoms with van der Waals surface area (Å²) >= 11 is 0. The molecule has 6 aliphatic carbocycles. The number of ether oxygens (including phenoxy) is 4. The van der Waals surface area contributed by atoms with E-state index in [9.17, 15) is 43.7 Å². The van der Waals surface area contributed by atoms with Gasteiger partial charge in [-0.1, -0.05) is 121 Å². The fourth-order valence-corrected chi connectivity index (χ4v) is 19.1. The number of nitrogens with two attached hydrogens (primary N) is 1. The summed E-state index contributed by atoms with van der Waals surface area (Å²) < 4.78 is 22.0. The van der Waals surface area contributed by atoms with Crippen molar-refractivity contribution in [2.24, 2.45) is 88.6 Å². The summed E-state index contributed by atoms with van der Waals surface area (Å²) in [4.78, 5) is 110. The van der Waals surface area contributed by atoms with Crippen molar-refractivity contribution in [2.45, 2.75) is 135 Å². The molecule has 3 saturated heterocycles. The Hall–Kier alpha value is -9.49. The molecule has 20 atom stereocenters. The van der Waals surface area contributed by atoms with Gasteiger partial charge in [-0.05, 0) is 188 Å². The largest absolute Gasteiger partial charge is 0.462 e. The molecule has 100 heavy (non-hydrogen) atoms. The van der Waals surface area contributed by atoms with Gasteiger partial charge in [0, 0.05) is 93.6 Å². The van der Waals surface area contributed by atoms with E-state index in [1.807, 2.05) is 219 Å². The average molecular weight is 1360 g/mol. The Balaban J connectivity index is 0.000000135. The maximum atomic E-state index is 14.6. The lowest BCUT2D eigenvalue weighted by atomic mass is 9.56. The van der Waals surface area contributed by atoms with E-state index < -0.39 is 30.1 Å². The second-order valence-electron chi connectivity index (χ2n) is 28.8. The summed E-state index contributed by atoms with van der Waals surface area (Å²) in [6.07, 6.45) is 8.35. The number of nitrogens with one attached hydrogen (secondary N) is 1. The van der Waals surface area contributed by atoms with Crippen LogP contribution in [0.5, 0.6) is 0 Å². The predicted octanol–water partition coefficient (Wildman–Crippen LogP) is 13.9. The van der Waals surface area contributed by atoms with Crippen molar-refractivity contribution in [1.29, 1.82) is 0 Å². The summed E-state index contributed by atoms with van der Waals surface area (Å²) in [5, 5.41) is 14.5. The molecule has 8 fully saturated rings. The molecule has 0 spiro atoms. The first-order valence-corrected chi connectivity index (χ1v) is 35.9. The molecule has 0 unspecified atom stereocenters. The van der Waals surface area contributed by atoms with Crippen molar-refractivity contribution in [2.75, 3.05) is 21.3 Å². The van der Waals surface area contributed by atoms with Crippen molar-refractivity contribution in [3.8, 4) is 0 Å². The molecule has 522 valence electrons. The molecule has 19 nitrogen and oxygen atoms in total. The van der Waals surface area contributed by atoms with Crippen LogP contribution in [0.1, 0.15) is 98.3 Å². The number of anilines is 6. The van der Waals surface area contributed by atoms with E-state index in [0.717, 1.165) is 84.6 Å². The first-order chi connectivity index (χ1) is 48.5. The van der Waals surface area contributed by atoms with Crippen LogP contribution in [0.15, 0.2) is 194 Å². The number of para-hydroxylation sites is 6. The maximum Gasteiger partial charge on any atom is 0.407 e. The summed E-state index contributed by atoms with van der Waals surface area (Å²) in [6, 6.07) is 57.4. The first-order valence-electron chi connectivity index (χ1n) is 35.9. The van der Waals surface area contributed by atoms with Gasteiger partial charge < -0.3 is 30.0 Å². The molecule has 3 aliphatic heterocycles. The van der Waals surface area contributed by atoms with Gasteiger partial charge in [0.05, 0.1) is 30.3 Å². The van der Waals surface area contributed by atoms with Crippen molar-refractivity contribution < 1.29 is 57.4 Å². The van der Waals surface area contributed by atoms with Gasteiger partial charge in [0.25, 0.3) is 0 Å². The van der Waals surface area contributed by atoms with Crippen LogP contribution >= 0.6 is 0 Å². The van der Waals surface area contributed by atoms with E-state index in [0.29, 0.717) is 31.8 Å². The highest BCUT2D eigenvalue weighted by atomic mass is 16.6. The quantitative estimate of drug-likeness (QED) is 0.0380. The van der Waals surface area contributed by atoms with Gasteiger partial charge in [-0.25, -0.2) is 4.79 Å². The zero-order chi connectivity index (χ0) is 69.9. The highest BCUT2D eigenvalue weighted by Crippen LogP contribution is 2.57. The second kappa shape index (κ2) is 30.1. The van der Waals surface area contributed by atoms with Crippen molar-refractivity contribution >= 4 is 75.8 Å². The van der Waals surface area contributed by atoms with Crippen LogP contribution in [0, 0.1) is 93.0 Å². The Morgan fingerprint density at radius 2 is 0.870 bits per heavy atom. The van der Waals surface area contributed by atoms with Crippen LogP contribution in [0.25, 0.3) is 0 Å². The van der Waals surface area contributed by atoms with Gasteiger partial charge in [0.15, 0.2) is 0 Å². The number of benzene rings is 6. The Kier molecular flexibility index (Phi) is 20.8. The molecule has 9 aliphatic rings. The number of amides is 4. The molecule has 6 aromatic rings. The normalized spacial score (nSPS) is 31.9. The van der Waals surface area contributed by atoms with E-state index in [1.165, 1.54) is 0 Å². The Bertz CT molecular complexity index is 3830. The standard InChI is InChI=1S/C29H34N2O5.C26H26N2O5.C26H30N2O3/c1-3-35-29(34)30-20-14-15-23-19(16-20)17-24-25(18(2)36-28(24)33)26(23)27(32)31(21-10-6-4-7-11-21)22-12-8-5-9-13-22;1-16-23-22(26(30)33-16)15-17-14-20(28(31)32)12-13-21(17)24(23)25(29)27(18-8-4-2-5-9-18)19-10-6-3-7-11-19;1-16-23-22(26(30)31-16)15-17-14-18(27)12-13-21(17)24(23)25(29)28(19-8-4-2-5-9-19)20-10-6-3-7-11-20/h4-13,18-20,23-26H,3,14-17H2,1-2H3,(H,30,34);2-11,15-16,20-24H,12-14H2,1H3;2-11,16-18,21-24H,12-15,27H2,1H3/t18-,19+,20-,23-,24-,25-,26+;16-,20-,21-,22-,23-,24+;16-,17+,18-,21-,22-,23-,24+/m111/s1. The zero-order valence-corrected chi connectivity index (χ0v) is 57.1. The number of hydrogen-bond donors (Lipinski definition) is 2. The van der Waals surface area contributed by atoms with Gasteiger partial charge in [-0.2, -0.15) is 0 Å². The second-order valence-corrected chi connectivity index (χ2v) is 28.8. The number of cyclic esters (lactones) is 3. The van der Waals surface area contributed by atoms with E-state index in [4.69, 9.17) is 24.7 Å². The smallest absolute Gasteiger partial charge is 0.407 e. The minimum Gasteiger partial charge on any atom is -0.462 e. The first kappa shape index (κ1) is 69.0. The number of carbonyl (C=O) groups is 7. The molecule has 6 aromatic carbocycles. The molecule has 15 rings (SSSR count). The molecule has 0 aromatic heterocycles. The molecule has 19 heteroatoms.